The molecule has 0 heterocycles. The van der Waals surface area contributed by atoms with Gasteiger partial charge in [-0.3, -0.25) is 0 Å². The van der Waals surface area contributed by atoms with Crippen LogP contribution < -0.4 is 10.6 Å². The highest BCUT2D eigenvalue weighted by atomic mass is 32.1. The minimum absolute atomic E-state index is 0.548. The Bertz CT molecular complexity index is 547. The van der Waals surface area contributed by atoms with Crippen molar-refractivity contribution in [3.8, 4) is 0 Å². The summed E-state index contributed by atoms with van der Waals surface area (Å²) in [7, 11) is 0. The standard InChI is InChI=1S/C17H20N2S/c1-13(2)15-8-10-16(11-9-15)19-17(20)18-12-14-6-4-3-5-7-14/h3-11,13H,12H2,1-2H3,(H2,18,19,20). The van der Waals surface area contributed by atoms with E-state index in [9.17, 15) is 0 Å². The highest BCUT2D eigenvalue weighted by Crippen LogP contribution is 2.17. The van der Waals surface area contributed by atoms with Crippen LogP contribution in [0.3, 0.4) is 0 Å². The molecule has 0 saturated carbocycles. The average Bonchev–Trinajstić information content (AvgIpc) is 2.47. The minimum atomic E-state index is 0.548. The van der Waals surface area contributed by atoms with Gasteiger partial charge in [-0.15, -0.1) is 0 Å². The third kappa shape index (κ3) is 4.35. The number of hydrogen-bond acceptors (Lipinski definition) is 1. The van der Waals surface area contributed by atoms with E-state index in [0.29, 0.717) is 11.0 Å². The first kappa shape index (κ1) is 14.5. The van der Waals surface area contributed by atoms with Crippen molar-refractivity contribution in [2.45, 2.75) is 26.3 Å². The van der Waals surface area contributed by atoms with E-state index in [1.807, 2.05) is 18.2 Å². The highest BCUT2D eigenvalue weighted by molar-refractivity contribution is 7.80. The summed E-state index contributed by atoms with van der Waals surface area (Å²) in [6, 6.07) is 18.6. The molecular weight excluding hydrogens is 264 g/mol. The molecule has 0 radical (unpaired) electrons. The molecule has 0 unspecified atom stereocenters. The molecule has 104 valence electrons. The fourth-order valence-electron chi connectivity index (χ4n) is 1.90. The minimum Gasteiger partial charge on any atom is -0.358 e. The second kappa shape index (κ2) is 7.06. The van der Waals surface area contributed by atoms with Gasteiger partial charge in [0.25, 0.3) is 0 Å². The summed E-state index contributed by atoms with van der Waals surface area (Å²) >= 11 is 5.30. The van der Waals surface area contributed by atoms with Gasteiger partial charge < -0.3 is 10.6 Å². The molecule has 3 heteroatoms. The van der Waals surface area contributed by atoms with E-state index in [1.54, 1.807) is 0 Å². The lowest BCUT2D eigenvalue weighted by molar-refractivity contribution is 0.867. The van der Waals surface area contributed by atoms with Crippen molar-refractivity contribution < 1.29 is 0 Å². The van der Waals surface area contributed by atoms with Crippen molar-refractivity contribution in [2.24, 2.45) is 0 Å². The van der Waals surface area contributed by atoms with Crippen molar-refractivity contribution in [1.82, 2.24) is 5.32 Å². The molecule has 2 aromatic rings. The number of thiocarbonyl (C=S) groups is 1. The Morgan fingerprint density at radius 2 is 1.65 bits per heavy atom. The molecule has 0 aromatic heterocycles. The van der Waals surface area contributed by atoms with Crippen LogP contribution in [0.4, 0.5) is 5.69 Å². The lowest BCUT2D eigenvalue weighted by Gasteiger charge is -2.12. The van der Waals surface area contributed by atoms with Crippen LogP contribution in [0.25, 0.3) is 0 Å². The summed E-state index contributed by atoms with van der Waals surface area (Å²) in [4.78, 5) is 0. The van der Waals surface area contributed by atoms with Gasteiger partial charge in [0.05, 0.1) is 0 Å². The third-order valence-corrected chi connectivity index (χ3v) is 3.38. The van der Waals surface area contributed by atoms with Gasteiger partial charge in [0, 0.05) is 12.2 Å². The molecule has 0 aliphatic heterocycles. The lowest BCUT2D eigenvalue weighted by Crippen LogP contribution is -2.27. The fraction of sp³-hybridized carbons (Fsp3) is 0.235. The smallest absolute Gasteiger partial charge is 0.171 e. The molecule has 2 aromatic carbocycles. The average molecular weight is 284 g/mol. The first-order valence-electron chi connectivity index (χ1n) is 6.84. The van der Waals surface area contributed by atoms with Gasteiger partial charge in [0.1, 0.15) is 0 Å². The van der Waals surface area contributed by atoms with Crippen LogP contribution in [0, 0.1) is 0 Å². The van der Waals surface area contributed by atoms with Crippen LogP contribution in [-0.2, 0) is 6.54 Å². The van der Waals surface area contributed by atoms with E-state index in [4.69, 9.17) is 12.2 Å². The van der Waals surface area contributed by atoms with Gasteiger partial charge in [-0.2, -0.15) is 0 Å². The Balaban J connectivity index is 1.85. The van der Waals surface area contributed by atoms with E-state index < -0.39 is 0 Å². The lowest BCUT2D eigenvalue weighted by atomic mass is 10.0. The molecule has 20 heavy (non-hydrogen) atoms. The van der Waals surface area contributed by atoms with Gasteiger partial charge in [0.15, 0.2) is 5.11 Å². The first-order chi connectivity index (χ1) is 9.65. The zero-order chi connectivity index (χ0) is 14.4. The number of benzene rings is 2. The Morgan fingerprint density at radius 3 is 2.25 bits per heavy atom. The van der Waals surface area contributed by atoms with Gasteiger partial charge in [0.2, 0.25) is 0 Å². The monoisotopic (exact) mass is 284 g/mol. The van der Waals surface area contributed by atoms with Crippen molar-refractivity contribution in [2.75, 3.05) is 5.32 Å². The van der Waals surface area contributed by atoms with Gasteiger partial charge >= 0.3 is 0 Å². The Morgan fingerprint density at radius 1 is 1.00 bits per heavy atom. The molecule has 0 aliphatic rings. The maximum Gasteiger partial charge on any atom is 0.171 e. The number of anilines is 1. The van der Waals surface area contributed by atoms with Crippen molar-refractivity contribution in [1.29, 1.82) is 0 Å². The topological polar surface area (TPSA) is 24.1 Å². The zero-order valence-electron chi connectivity index (χ0n) is 11.9. The quantitative estimate of drug-likeness (QED) is 0.819. The van der Waals surface area contributed by atoms with E-state index in [2.05, 4.69) is 60.9 Å². The van der Waals surface area contributed by atoms with Crippen LogP contribution in [0.2, 0.25) is 0 Å². The van der Waals surface area contributed by atoms with E-state index in [-0.39, 0.29) is 0 Å². The summed E-state index contributed by atoms with van der Waals surface area (Å²) in [5, 5.41) is 7.05. The third-order valence-electron chi connectivity index (χ3n) is 3.13. The zero-order valence-corrected chi connectivity index (χ0v) is 12.7. The van der Waals surface area contributed by atoms with Crippen LogP contribution in [-0.4, -0.2) is 5.11 Å². The van der Waals surface area contributed by atoms with E-state index >= 15 is 0 Å². The molecule has 2 N–H and O–H groups in total. The Hall–Kier alpha value is -1.87. The number of hydrogen-bond donors (Lipinski definition) is 2. The number of rotatable bonds is 4. The maximum atomic E-state index is 5.30. The predicted octanol–water partition coefficient (Wildman–Crippen LogP) is 4.30. The number of nitrogens with one attached hydrogen (secondary N) is 2. The van der Waals surface area contributed by atoms with Crippen LogP contribution in [0.1, 0.15) is 30.9 Å². The van der Waals surface area contributed by atoms with Crippen LogP contribution in [0.5, 0.6) is 0 Å². The molecule has 2 rings (SSSR count). The highest BCUT2D eigenvalue weighted by Gasteiger charge is 2.00. The van der Waals surface area contributed by atoms with Crippen LogP contribution >= 0.6 is 12.2 Å². The maximum absolute atomic E-state index is 5.30. The molecule has 0 bridgehead atoms. The molecule has 2 nitrogen and oxygen atoms in total. The van der Waals surface area contributed by atoms with E-state index in [1.165, 1.54) is 11.1 Å². The summed E-state index contributed by atoms with van der Waals surface area (Å²) in [5.41, 5.74) is 3.56. The Kier molecular flexibility index (Phi) is 5.13. The van der Waals surface area contributed by atoms with Gasteiger partial charge in [-0.1, -0.05) is 56.3 Å². The summed E-state index contributed by atoms with van der Waals surface area (Å²) in [5.74, 6) is 0.548. The molecule has 0 saturated heterocycles. The predicted molar refractivity (Wildman–Crippen MR) is 90.0 cm³/mol. The second-order valence-electron chi connectivity index (χ2n) is 5.07. The molecule has 0 atom stereocenters. The van der Waals surface area contributed by atoms with Gasteiger partial charge in [-0.05, 0) is 41.4 Å². The first-order valence-corrected chi connectivity index (χ1v) is 7.24. The summed E-state index contributed by atoms with van der Waals surface area (Å²) < 4.78 is 0. The SMILES string of the molecule is CC(C)c1ccc(NC(=S)NCc2ccccc2)cc1. The van der Waals surface area contributed by atoms with Crippen LogP contribution in [0.15, 0.2) is 54.6 Å². The summed E-state index contributed by atoms with van der Waals surface area (Å²) in [6.45, 7) is 5.11. The molecule has 0 spiro atoms. The molecule has 0 fully saturated rings. The van der Waals surface area contributed by atoms with Crippen molar-refractivity contribution in [3.63, 3.8) is 0 Å². The largest absolute Gasteiger partial charge is 0.358 e. The van der Waals surface area contributed by atoms with Crippen molar-refractivity contribution >= 4 is 23.0 Å². The fourth-order valence-corrected chi connectivity index (χ4v) is 2.09. The molecule has 0 amide bonds. The second-order valence-corrected chi connectivity index (χ2v) is 5.48. The van der Waals surface area contributed by atoms with Crippen molar-refractivity contribution in [3.05, 3.63) is 65.7 Å². The van der Waals surface area contributed by atoms with E-state index in [0.717, 1.165) is 12.2 Å². The van der Waals surface area contributed by atoms with Gasteiger partial charge in [-0.25, -0.2) is 0 Å². The normalized spacial score (nSPS) is 10.3. The molecule has 0 aliphatic carbocycles. The Labute approximate surface area is 126 Å². The molecular formula is C17H20N2S. The summed E-state index contributed by atoms with van der Waals surface area (Å²) in [6.07, 6.45) is 0.